The van der Waals surface area contributed by atoms with Crippen LogP contribution in [0.2, 0.25) is 0 Å². The van der Waals surface area contributed by atoms with Crippen LogP contribution in [-0.4, -0.2) is 10.9 Å². The van der Waals surface area contributed by atoms with Gasteiger partial charge in [-0.1, -0.05) is 30.3 Å². The number of thiazole rings is 1. The van der Waals surface area contributed by atoms with Crippen LogP contribution >= 0.6 is 11.3 Å². The molecule has 1 N–H and O–H groups in total. The molecule has 0 spiro atoms. The van der Waals surface area contributed by atoms with Gasteiger partial charge in [0.2, 0.25) is 5.91 Å². The van der Waals surface area contributed by atoms with Crippen molar-refractivity contribution in [2.75, 3.05) is 5.32 Å². The summed E-state index contributed by atoms with van der Waals surface area (Å²) in [5, 5.41) is 6.80. The summed E-state index contributed by atoms with van der Waals surface area (Å²) < 4.78 is 11.3. The van der Waals surface area contributed by atoms with Crippen LogP contribution in [0.5, 0.6) is 0 Å². The highest BCUT2D eigenvalue weighted by Gasteiger charge is 2.18. The molecule has 0 atom stereocenters. The second-order valence-electron chi connectivity index (χ2n) is 7.37. The van der Waals surface area contributed by atoms with E-state index in [-0.39, 0.29) is 12.3 Å². The number of benzene rings is 2. The molecule has 5 rings (SSSR count). The second kappa shape index (κ2) is 7.52. The third kappa shape index (κ3) is 3.53. The van der Waals surface area contributed by atoms with Crippen LogP contribution in [0, 0.1) is 13.8 Å². The molecule has 0 saturated heterocycles. The Morgan fingerprint density at radius 2 is 1.90 bits per heavy atom. The molecule has 0 aliphatic heterocycles. The van der Waals surface area contributed by atoms with Crippen LogP contribution < -0.4 is 10.9 Å². The summed E-state index contributed by atoms with van der Waals surface area (Å²) in [4.78, 5) is 29.3. The standard InChI is InChI=1S/C24H18N2O4S/c1-13-12-31-24(25-13)26-22(27)9-17-14(2)16-8-18-19(15-6-4-3-5-7-15)11-29-20(18)10-21(16)30-23(17)28/h3-8,10-12H,9H2,1-2H3,(H,25,26,27). The summed E-state index contributed by atoms with van der Waals surface area (Å²) in [6.45, 7) is 3.69. The summed E-state index contributed by atoms with van der Waals surface area (Å²) >= 11 is 1.35. The number of hydrogen-bond donors (Lipinski definition) is 1. The lowest BCUT2D eigenvalue weighted by molar-refractivity contribution is -0.115. The van der Waals surface area contributed by atoms with Crippen molar-refractivity contribution in [1.29, 1.82) is 0 Å². The predicted octanol–water partition coefficient (Wildman–Crippen LogP) is 5.46. The van der Waals surface area contributed by atoms with Crippen molar-refractivity contribution in [2.24, 2.45) is 0 Å². The SMILES string of the molecule is Cc1csc(NC(=O)Cc2c(C)c3cc4c(-c5ccccc5)coc4cc3oc2=O)n1. The fourth-order valence-electron chi connectivity index (χ4n) is 3.69. The van der Waals surface area contributed by atoms with Gasteiger partial charge in [0.05, 0.1) is 23.9 Å². The van der Waals surface area contributed by atoms with E-state index in [4.69, 9.17) is 8.83 Å². The number of anilines is 1. The first-order valence-electron chi connectivity index (χ1n) is 9.74. The van der Waals surface area contributed by atoms with Crippen LogP contribution in [0.3, 0.4) is 0 Å². The molecule has 0 saturated carbocycles. The number of furan rings is 1. The topological polar surface area (TPSA) is 85.3 Å². The van der Waals surface area contributed by atoms with E-state index in [9.17, 15) is 9.59 Å². The van der Waals surface area contributed by atoms with Crippen LogP contribution in [0.4, 0.5) is 5.13 Å². The number of nitrogens with one attached hydrogen (secondary N) is 1. The molecule has 0 radical (unpaired) electrons. The monoisotopic (exact) mass is 430 g/mol. The fraction of sp³-hybridized carbons (Fsp3) is 0.125. The van der Waals surface area contributed by atoms with Gasteiger partial charge in [0.25, 0.3) is 0 Å². The Morgan fingerprint density at radius 1 is 1.10 bits per heavy atom. The lowest BCUT2D eigenvalue weighted by atomic mass is 9.99. The summed E-state index contributed by atoms with van der Waals surface area (Å²) in [7, 11) is 0. The van der Waals surface area contributed by atoms with Gasteiger partial charge >= 0.3 is 5.63 Å². The number of fused-ring (bicyclic) bond motifs is 2. The molecule has 2 aromatic carbocycles. The lowest BCUT2D eigenvalue weighted by Gasteiger charge is -2.08. The van der Waals surface area contributed by atoms with Crippen molar-refractivity contribution in [3.8, 4) is 11.1 Å². The number of carbonyl (C=O) groups excluding carboxylic acids is 1. The van der Waals surface area contributed by atoms with E-state index in [1.54, 1.807) is 12.3 Å². The summed E-state index contributed by atoms with van der Waals surface area (Å²) in [5.74, 6) is -0.307. The molecule has 0 fully saturated rings. The van der Waals surface area contributed by atoms with Crippen molar-refractivity contribution < 1.29 is 13.6 Å². The van der Waals surface area contributed by atoms with Gasteiger partial charge in [-0.25, -0.2) is 9.78 Å². The van der Waals surface area contributed by atoms with Gasteiger partial charge in [0.1, 0.15) is 11.2 Å². The number of aromatic nitrogens is 1. The maximum Gasteiger partial charge on any atom is 0.340 e. The third-order valence-corrected chi connectivity index (χ3v) is 6.14. The van der Waals surface area contributed by atoms with E-state index in [2.05, 4.69) is 10.3 Å². The molecule has 3 aromatic heterocycles. The lowest BCUT2D eigenvalue weighted by Crippen LogP contribution is -2.20. The van der Waals surface area contributed by atoms with Gasteiger partial charge in [0.15, 0.2) is 5.13 Å². The van der Waals surface area contributed by atoms with E-state index in [0.717, 1.165) is 33.2 Å². The first-order chi connectivity index (χ1) is 15.0. The zero-order valence-corrected chi connectivity index (χ0v) is 17.7. The van der Waals surface area contributed by atoms with Crippen molar-refractivity contribution in [2.45, 2.75) is 20.3 Å². The Morgan fingerprint density at radius 3 is 2.65 bits per heavy atom. The number of carbonyl (C=O) groups is 1. The quantitative estimate of drug-likeness (QED) is 0.383. The molecule has 0 aliphatic rings. The van der Waals surface area contributed by atoms with E-state index >= 15 is 0 Å². The van der Waals surface area contributed by atoms with E-state index in [1.807, 2.05) is 55.6 Å². The van der Waals surface area contributed by atoms with Crippen LogP contribution in [0.15, 0.2) is 67.7 Å². The molecular formula is C24H18N2O4S. The minimum atomic E-state index is -0.523. The molecule has 6 nitrogen and oxygen atoms in total. The van der Waals surface area contributed by atoms with E-state index < -0.39 is 5.63 Å². The maximum atomic E-state index is 12.6. The van der Waals surface area contributed by atoms with E-state index in [0.29, 0.717) is 21.9 Å². The predicted molar refractivity (Wildman–Crippen MR) is 122 cm³/mol. The van der Waals surface area contributed by atoms with Gasteiger partial charge in [0, 0.05) is 27.8 Å². The molecule has 0 unspecified atom stereocenters. The first kappa shape index (κ1) is 19.3. The summed E-state index contributed by atoms with van der Waals surface area (Å²) in [6.07, 6.45) is 1.62. The number of hydrogen-bond acceptors (Lipinski definition) is 6. The number of aryl methyl sites for hydroxylation is 2. The van der Waals surface area contributed by atoms with Crippen LogP contribution in [-0.2, 0) is 11.2 Å². The Kier molecular flexibility index (Phi) is 4.67. The van der Waals surface area contributed by atoms with Crippen molar-refractivity contribution in [3.05, 3.63) is 81.3 Å². The normalized spacial score (nSPS) is 11.3. The number of rotatable bonds is 4. The van der Waals surface area contributed by atoms with Crippen molar-refractivity contribution in [1.82, 2.24) is 4.98 Å². The molecule has 7 heteroatoms. The van der Waals surface area contributed by atoms with Gasteiger partial charge in [-0.2, -0.15) is 0 Å². The molecule has 5 aromatic rings. The average Bonchev–Trinajstić information content (AvgIpc) is 3.36. The Bertz CT molecular complexity index is 1500. The molecule has 3 heterocycles. The Hall–Kier alpha value is -3.71. The zero-order valence-electron chi connectivity index (χ0n) is 16.9. The van der Waals surface area contributed by atoms with Crippen LogP contribution in [0.25, 0.3) is 33.1 Å². The van der Waals surface area contributed by atoms with Gasteiger partial charge < -0.3 is 14.2 Å². The minimum Gasteiger partial charge on any atom is -0.464 e. The average molecular weight is 430 g/mol. The Labute approximate surface area is 181 Å². The van der Waals surface area contributed by atoms with Crippen LogP contribution in [0.1, 0.15) is 16.8 Å². The summed E-state index contributed by atoms with van der Waals surface area (Å²) in [5.41, 5.74) is 4.43. The van der Waals surface area contributed by atoms with Gasteiger partial charge in [-0.3, -0.25) is 4.79 Å². The first-order valence-corrected chi connectivity index (χ1v) is 10.6. The third-order valence-electron chi connectivity index (χ3n) is 5.27. The fourth-order valence-corrected chi connectivity index (χ4v) is 4.40. The smallest absolute Gasteiger partial charge is 0.340 e. The Balaban J connectivity index is 1.57. The molecule has 0 aliphatic carbocycles. The number of nitrogens with zero attached hydrogens (tertiary/aromatic N) is 1. The largest absolute Gasteiger partial charge is 0.464 e. The summed E-state index contributed by atoms with van der Waals surface area (Å²) in [6, 6.07) is 13.6. The van der Waals surface area contributed by atoms with Crippen molar-refractivity contribution >= 4 is 44.3 Å². The minimum absolute atomic E-state index is 0.0856. The zero-order chi connectivity index (χ0) is 21.5. The molecule has 1 amide bonds. The highest BCUT2D eigenvalue weighted by molar-refractivity contribution is 7.13. The molecule has 31 heavy (non-hydrogen) atoms. The maximum absolute atomic E-state index is 12.6. The van der Waals surface area contributed by atoms with E-state index in [1.165, 1.54) is 11.3 Å². The van der Waals surface area contributed by atoms with Gasteiger partial charge in [-0.05, 0) is 31.0 Å². The number of amides is 1. The second-order valence-corrected chi connectivity index (χ2v) is 8.23. The molecule has 0 bridgehead atoms. The van der Waals surface area contributed by atoms with Crippen molar-refractivity contribution in [3.63, 3.8) is 0 Å². The van der Waals surface area contributed by atoms with Gasteiger partial charge in [-0.15, -0.1) is 11.3 Å². The molecular weight excluding hydrogens is 412 g/mol. The highest BCUT2D eigenvalue weighted by Crippen LogP contribution is 2.34. The highest BCUT2D eigenvalue weighted by atomic mass is 32.1. The molecule has 154 valence electrons.